The van der Waals surface area contributed by atoms with Crippen molar-refractivity contribution in [1.82, 2.24) is 63.8 Å². The van der Waals surface area contributed by atoms with Gasteiger partial charge in [0, 0.05) is 108 Å². The highest BCUT2D eigenvalue weighted by molar-refractivity contribution is 8.00. The number of carbonyl (C=O) groups is 13. The average Bonchev–Trinajstić information content (AvgIpc) is 1.60. The lowest BCUT2D eigenvalue weighted by molar-refractivity contribution is -0.433. The Balaban J connectivity index is 0.992. The van der Waals surface area contributed by atoms with Crippen LogP contribution in [0.5, 0.6) is 0 Å². The topological polar surface area (TPSA) is 697 Å². The van der Waals surface area contributed by atoms with E-state index in [4.69, 9.17) is 30.1 Å². The van der Waals surface area contributed by atoms with Crippen molar-refractivity contribution in [1.29, 1.82) is 5.41 Å². The van der Waals surface area contributed by atoms with E-state index in [-0.39, 0.29) is 164 Å². The first kappa shape index (κ1) is 118. The van der Waals surface area contributed by atoms with Crippen LogP contribution >= 0.6 is 37.0 Å². The first-order valence-electron chi connectivity index (χ1n) is 45.7. The Morgan fingerprint density at radius 3 is 1.67 bits per heavy atom. The number of aldehydes is 1. The number of unbranched alkanes of at least 4 members (excludes halogenated alkanes) is 3. The van der Waals surface area contributed by atoms with Gasteiger partial charge >= 0.3 is 5.97 Å². The van der Waals surface area contributed by atoms with Crippen molar-refractivity contribution in [3.05, 3.63) is 132 Å². The number of nitrogens with zero attached hydrogens (tertiary/aromatic N) is 2. The number of carboxylic acids is 1. The molecule has 1 saturated heterocycles. The molecule has 7 atom stereocenters. The predicted molar refractivity (Wildman–Crippen MR) is 536 cm³/mol. The molecule has 0 saturated carbocycles. The van der Waals surface area contributed by atoms with Crippen molar-refractivity contribution >= 4 is 199 Å². The first-order chi connectivity index (χ1) is 68.0. The molecule has 0 spiro atoms. The number of amides is 11. The van der Waals surface area contributed by atoms with E-state index < -0.39 is 214 Å². The predicted octanol–water partition coefficient (Wildman–Crippen LogP) is 0.611. The van der Waals surface area contributed by atoms with E-state index in [1.54, 1.807) is 86.7 Å². The number of carbonyl (C=O) groups excluding carboxylic acids is 12. The number of allylic oxidation sites excluding steroid dienone is 6. The molecule has 1 fully saturated rings. The van der Waals surface area contributed by atoms with Gasteiger partial charge in [0.2, 0.25) is 70.7 Å². The summed E-state index contributed by atoms with van der Waals surface area (Å²) in [5, 5.41) is 48.2. The second-order valence-corrected chi connectivity index (χ2v) is 41.8. The number of ether oxygens (including phenoxy) is 4. The number of hydrogen-bond donors (Lipinski definition) is 21. The molecule has 144 heavy (non-hydrogen) atoms. The van der Waals surface area contributed by atoms with Crippen LogP contribution in [0.2, 0.25) is 0 Å². The SMILES string of the molecule is CC[N+]1=C(/C=C/C=C/C=C2/N(CCCCCC(=O)NCCCC[C@@H]3NC(=O)CSC[C@@H](C(=O)NCCOCCOCCOCCNC(=O)COCC=O)NC(=O)[C@H](Cc4ccccc4)NC(=O)[C@H](CS)NC(=O)[C@H](CC(=O)O)NC(=O)CNC(=O)[C@H](CCCNC(=N)N)NC(=O)[C@H](CS)NC3=O)c3ccc4c(S(=O)(=O)O)cc(S(=O)(=O)O)cc4c3C2(C)C)C(C)(C)c2c1ccc1c(S(=O)(=O)O)cc(S(=O)(=O)O)cc21. The monoisotopic (exact) mass is 2140 g/mol. The lowest BCUT2D eigenvalue weighted by Crippen LogP contribution is -2.60. The maximum Gasteiger partial charge on any atom is 0.305 e. The van der Waals surface area contributed by atoms with Crippen LogP contribution in [0.3, 0.4) is 0 Å². The molecule has 0 aromatic heterocycles. The van der Waals surface area contributed by atoms with Crippen molar-refractivity contribution in [3.8, 4) is 0 Å². The Kier molecular flexibility index (Phi) is 45.0. The molecule has 11 amide bonds. The van der Waals surface area contributed by atoms with E-state index in [0.717, 1.165) is 23.9 Å². The third-order valence-electron chi connectivity index (χ3n) is 23.2. The molecule has 46 nitrogen and oxygen atoms in total. The minimum Gasteiger partial charge on any atom is -0.481 e. The summed E-state index contributed by atoms with van der Waals surface area (Å²) in [6, 6.07) is 6.78. The minimum atomic E-state index is -5.13. The maximum absolute atomic E-state index is 14.7. The summed E-state index contributed by atoms with van der Waals surface area (Å²) in [7, 11) is -20.2. The number of guanidine groups is 1. The van der Waals surface area contributed by atoms with Crippen LogP contribution < -0.4 is 74.4 Å². The Morgan fingerprint density at radius 2 is 1.09 bits per heavy atom. The zero-order valence-electron chi connectivity index (χ0n) is 79.6. The number of aliphatic carboxylic acids is 1. The molecule has 8 rings (SSSR count). The zero-order valence-corrected chi connectivity index (χ0v) is 85.4. The first-order valence-corrected chi connectivity index (χ1v) is 53.9. The van der Waals surface area contributed by atoms with Gasteiger partial charge in [-0.2, -0.15) is 63.5 Å². The van der Waals surface area contributed by atoms with E-state index >= 15 is 0 Å². The summed E-state index contributed by atoms with van der Waals surface area (Å²) in [4.78, 5) is 175. The number of nitrogens with two attached hydrogens (primary N) is 1. The third kappa shape index (κ3) is 34.6. The van der Waals surface area contributed by atoms with Crippen molar-refractivity contribution in [2.75, 3.05) is 127 Å². The van der Waals surface area contributed by atoms with Crippen molar-refractivity contribution < 1.29 is 143 Å². The van der Waals surface area contributed by atoms with Crippen molar-refractivity contribution in [2.45, 2.75) is 178 Å². The zero-order chi connectivity index (χ0) is 106. The number of fused-ring (bicyclic) bond motifs is 6. The molecule has 53 heteroatoms. The van der Waals surface area contributed by atoms with Gasteiger partial charge in [-0.1, -0.05) is 74.9 Å². The Labute approximate surface area is 847 Å². The lowest BCUT2D eigenvalue weighted by atomic mass is 9.79. The summed E-state index contributed by atoms with van der Waals surface area (Å²) >= 11 is 9.41. The maximum atomic E-state index is 14.7. The van der Waals surface area contributed by atoms with E-state index in [1.807, 2.05) is 30.2 Å². The van der Waals surface area contributed by atoms with Crippen molar-refractivity contribution in [2.24, 2.45) is 5.73 Å². The number of nitrogens with one attached hydrogen (secondary N) is 13. The molecule has 788 valence electrons. The second-order valence-electron chi connectivity index (χ2n) is 34.4. The summed E-state index contributed by atoms with van der Waals surface area (Å²) in [5.74, 6) is -13.5. The van der Waals surface area contributed by atoms with E-state index in [9.17, 15) is 119 Å². The molecular weight excluding hydrogens is 2020 g/mol. The molecule has 5 aromatic rings. The fourth-order valence-electron chi connectivity index (χ4n) is 16.4. The normalized spacial score (nSPS) is 19.7. The number of anilines is 1. The van der Waals surface area contributed by atoms with Gasteiger partial charge in [0.25, 0.3) is 40.5 Å². The number of benzene rings is 5. The third-order valence-corrected chi connectivity index (χ3v) is 28.4. The molecule has 0 radical (unpaired) electrons. The average molecular weight is 2150 g/mol. The fraction of sp³-hybridized carbons (Fsp3) is 0.484. The van der Waals surface area contributed by atoms with Crippen LogP contribution in [0.1, 0.15) is 116 Å². The van der Waals surface area contributed by atoms with E-state index in [0.29, 0.717) is 83.7 Å². The van der Waals surface area contributed by atoms with Gasteiger partial charge in [-0.3, -0.25) is 81.2 Å². The van der Waals surface area contributed by atoms with Gasteiger partial charge in [0.05, 0.1) is 73.6 Å². The van der Waals surface area contributed by atoms with Crippen LogP contribution in [-0.2, 0) is 139 Å². The molecule has 0 unspecified atom stereocenters. The molecule has 0 aliphatic carbocycles. The largest absolute Gasteiger partial charge is 0.481 e. The van der Waals surface area contributed by atoms with Crippen LogP contribution in [-0.4, -0.2) is 314 Å². The minimum absolute atomic E-state index is 0.000678. The summed E-state index contributed by atoms with van der Waals surface area (Å²) in [6.45, 7) is 8.89. The van der Waals surface area contributed by atoms with E-state index in [1.165, 1.54) is 12.1 Å². The molecule has 20 N–H and O–H groups in total. The quantitative estimate of drug-likeness (QED) is 0.00371. The highest BCUT2D eigenvalue weighted by atomic mass is 32.2. The number of thiol groups is 2. The standard InChI is InChI=1S/C91H122N16O30S7/c1-6-106-69-28-26-58-60(44-56(141(122,123)124)46-71(58)143(128,129)130)80(69)90(2,3)73(106)23-12-8-13-24-74-91(4,5)81-61-45-57(142(125,126)127)47-72(144(131,132)133)59(61)27-29-70(81)107(74)34-17-9-14-25-75(109)94-30-16-15-21-63-84(117)103-66(51-138)87(120)101-62(22-18-31-97-89(92)93)82(115)98-49-76(110)100-65(48-79(113)114)86(119)104-67(52-139)88(121)102-64(43-55-19-10-7-11-20-55)85(118)105-68(53-140-54-78(112)99-63)83(116)96-33-37-135-40-42-136-41-39-134-36-32-95-77(111)50-137-38-35-108/h7-8,10-13,19-20,23-24,26-29,35,44-47,62-68H,6,9,14-18,21-22,25,30-34,36-43,48-54H2,1-5H3,(H21-,92,93,94,95,96,97,98,99,100,101,102,103,104,105,109,110,111,112,113,114,115,116,117,118,119,120,121,122,123,124,125,126,127,128,129,130,131,132,133,138,139)/p+1/t62-,63-,64-,65-,66-,67-,68-/m0/s1. The van der Waals surface area contributed by atoms with Gasteiger partial charge in [-0.15, -0.1) is 11.8 Å². The van der Waals surface area contributed by atoms with Crippen LogP contribution in [0.25, 0.3) is 21.5 Å². The van der Waals surface area contributed by atoms with E-state index in [2.05, 4.69) is 89.1 Å². The summed E-state index contributed by atoms with van der Waals surface area (Å²) in [6.07, 6.45) is 9.10. The Morgan fingerprint density at radius 1 is 0.556 bits per heavy atom. The smallest absolute Gasteiger partial charge is 0.305 e. The van der Waals surface area contributed by atoms with Gasteiger partial charge in [0.15, 0.2) is 11.7 Å². The van der Waals surface area contributed by atoms with Crippen LogP contribution in [0.15, 0.2) is 135 Å². The number of hydrogen-bond acceptors (Lipinski definition) is 30. The van der Waals surface area contributed by atoms with Gasteiger partial charge in [-0.05, 0) is 130 Å². The van der Waals surface area contributed by atoms with Gasteiger partial charge in [0.1, 0.15) is 78.1 Å². The molecule has 3 heterocycles. The van der Waals surface area contributed by atoms with Gasteiger partial charge in [-0.25, -0.2) is 0 Å². The second kappa shape index (κ2) is 55.1. The number of thioether (sulfide) groups is 1. The summed E-state index contributed by atoms with van der Waals surface area (Å²) < 4.78 is 167. The van der Waals surface area contributed by atoms with Crippen molar-refractivity contribution in [3.63, 3.8) is 0 Å². The molecule has 5 aromatic carbocycles. The van der Waals surface area contributed by atoms with Crippen LogP contribution in [0.4, 0.5) is 11.4 Å². The Hall–Kier alpha value is -11.6. The lowest BCUT2D eigenvalue weighted by Gasteiger charge is -2.27. The summed E-state index contributed by atoms with van der Waals surface area (Å²) in [5.41, 5.74) is 7.16. The fourth-order valence-corrected chi connectivity index (χ4v) is 20.4. The molecule has 3 aliphatic rings. The van der Waals surface area contributed by atoms with Gasteiger partial charge < -0.3 is 103 Å². The number of carboxylic acid groups (broad SMARTS) is 1. The van der Waals surface area contributed by atoms with Crippen LogP contribution in [0, 0.1) is 5.41 Å². The molecular formula is C91H123N16O30S7+. The molecule has 0 bridgehead atoms. The highest BCUT2D eigenvalue weighted by Gasteiger charge is 2.47. The highest BCUT2D eigenvalue weighted by Crippen LogP contribution is 2.52. The number of rotatable bonds is 46. The molecule has 3 aliphatic heterocycles. The Bertz CT molecular complexity index is 6170.